The number of hydrogen-bond acceptors (Lipinski definition) is 6. The molecule has 1 atom stereocenters. The second-order valence-electron chi connectivity index (χ2n) is 3.76. The fourth-order valence-corrected chi connectivity index (χ4v) is 2.24. The Morgan fingerprint density at radius 1 is 1.58 bits per heavy atom. The number of thioether (sulfide) groups is 1. The quantitative estimate of drug-likeness (QED) is 0.572. The highest BCUT2D eigenvalue weighted by atomic mass is 32.2. The number of nitrogens with zero attached hydrogens (tertiary/aromatic N) is 1. The molecule has 3 N–H and O–H groups in total. The second kappa shape index (κ2) is 6.95. The maximum absolute atomic E-state index is 10.7. The van der Waals surface area contributed by atoms with Crippen LogP contribution >= 0.6 is 11.8 Å². The second-order valence-corrected chi connectivity index (χ2v) is 4.79. The van der Waals surface area contributed by atoms with Crippen LogP contribution in [0.1, 0.15) is 5.56 Å². The number of carbonyl (C=O) groups is 1. The lowest BCUT2D eigenvalue weighted by Gasteiger charge is -2.07. The lowest BCUT2D eigenvalue weighted by Crippen LogP contribution is -2.32. The largest absolute Gasteiger partial charge is 0.496 e. The average Bonchev–Trinajstić information content (AvgIpc) is 2.37. The van der Waals surface area contributed by atoms with Gasteiger partial charge < -0.3 is 15.6 Å². The van der Waals surface area contributed by atoms with Crippen molar-refractivity contribution in [2.24, 2.45) is 5.73 Å². The number of non-ortho nitro benzene ring substituents is 1. The Balaban J connectivity index is 2.70. The van der Waals surface area contributed by atoms with Crippen LogP contribution in [-0.2, 0) is 10.5 Å². The molecule has 104 valence electrons. The molecule has 0 aliphatic rings. The third-order valence-corrected chi connectivity index (χ3v) is 3.41. The van der Waals surface area contributed by atoms with Gasteiger partial charge in [0.2, 0.25) is 0 Å². The lowest BCUT2D eigenvalue weighted by molar-refractivity contribution is -0.385. The Hall–Kier alpha value is -1.80. The maximum Gasteiger partial charge on any atom is 0.321 e. The predicted molar refractivity (Wildman–Crippen MR) is 71.4 cm³/mol. The third-order valence-electron chi connectivity index (χ3n) is 2.28. The summed E-state index contributed by atoms with van der Waals surface area (Å²) < 4.78 is 4.98. The number of ether oxygens (including phenoxy) is 1. The Kier molecular flexibility index (Phi) is 5.58. The van der Waals surface area contributed by atoms with E-state index in [-0.39, 0.29) is 11.4 Å². The molecule has 0 aliphatic carbocycles. The highest BCUT2D eigenvalue weighted by Gasteiger charge is 2.13. The number of carboxylic acids is 1. The summed E-state index contributed by atoms with van der Waals surface area (Å²) in [5, 5.41) is 19.4. The van der Waals surface area contributed by atoms with Crippen molar-refractivity contribution in [3.05, 3.63) is 33.9 Å². The number of hydrogen-bond donors (Lipinski definition) is 2. The first-order valence-electron chi connectivity index (χ1n) is 5.32. The Bertz CT molecular complexity index is 480. The van der Waals surface area contributed by atoms with E-state index in [1.165, 1.54) is 31.0 Å². The standard InChI is InChI=1S/C11H14N2O5S/c1-18-9-3-7(2-8(4-9)13(16)17)5-19-6-10(12)11(14)15/h2-4,10H,5-6,12H2,1H3,(H,14,15). The van der Waals surface area contributed by atoms with Crippen LogP contribution in [0.2, 0.25) is 0 Å². The van der Waals surface area contributed by atoms with Crippen LogP contribution in [0.3, 0.4) is 0 Å². The first kappa shape index (κ1) is 15.3. The van der Waals surface area contributed by atoms with Crippen LogP contribution in [0.4, 0.5) is 5.69 Å². The number of rotatable bonds is 7. The molecule has 1 aromatic rings. The van der Waals surface area contributed by atoms with Crippen molar-refractivity contribution in [1.82, 2.24) is 0 Å². The zero-order chi connectivity index (χ0) is 14.4. The summed E-state index contributed by atoms with van der Waals surface area (Å²) >= 11 is 1.30. The summed E-state index contributed by atoms with van der Waals surface area (Å²) in [5.41, 5.74) is 5.99. The van der Waals surface area contributed by atoms with E-state index >= 15 is 0 Å². The normalized spacial score (nSPS) is 11.9. The number of methoxy groups -OCH3 is 1. The van der Waals surface area contributed by atoms with Gasteiger partial charge in [0, 0.05) is 17.6 Å². The van der Waals surface area contributed by atoms with E-state index in [0.717, 1.165) is 0 Å². The molecule has 1 aromatic carbocycles. The van der Waals surface area contributed by atoms with Crippen molar-refractivity contribution in [1.29, 1.82) is 0 Å². The molecule has 0 aromatic heterocycles. The van der Waals surface area contributed by atoms with E-state index in [9.17, 15) is 14.9 Å². The fraction of sp³-hybridized carbons (Fsp3) is 0.364. The number of aliphatic carboxylic acids is 1. The topological polar surface area (TPSA) is 116 Å². The van der Waals surface area contributed by atoms with Crippen molar-refractivity contribution >= 4 is 23.4 Å². The molecule has 0 radical (unpaired) electrons. The zero-order valence-corrected chi connectivity index (χ0v) is 11.1. The molecule has 8 heteroatoms. The van der Waals surface area contributed by atoms with Crippen LogP contribution in [0.25, 0.3) is 0 Å². The molecule has 0 aliphatic heterocycles. The average molecular weight is 286 g/mol. The van der Waals surface area contributed by atoms with Gasteiger partial charge in [0.05, 0.1) is 18.1 Å². The first-order valence-corrected chi connectivity index (χ1v) is 6.48. The minimum absolute atomic E-state index is 0.0579. The van der Waals surface area contributed by atoms with Crippen LogP contribution < -0.4 is 10.5 Å². The summed E-state index contributed by atoms with van der Waals surface area (Å²) in [5.74, 6) is -0.00392. The molecule has 0 amide bonds. The molecule has 7 nitrogen and oxygen atoms in total. The van der Waals surface area contributed by atoms with Gasteiger partial charge in [-0.15, -0.1) is 0 Å². The Morgan fingerprint density at radius 3 is 2.79 bits per heavy atom. The van der Waals surface area contributed by atoms with E-state index in [1.807, 2.05) is 0 Å². The van der Waals surface area contributed by atoms with Crippen molar-refractivity contribution in [2.75, 3.05) is 12.9 Å². The van der Waals surface area contributed by atoms with E-state index in [1.54, 1.807) is 6.07 Å². The summed E-state index contributed by atoms with van der Waals surface area (Å²) in [6.07, 6.45) is 0. The summed E-state index contributed by atoms with van der Waals surface area (Å²) in [6, 6.07) is 3.50. The van der Waals surface area contributed by atoms with Crippen LogP contribution in [0.15, 0.2) is 18.2 Å². The fourth-order valence-electron chi connectivity index (χ4n) is 1.33. The van der Waals surface area contributed by atoms with Gasteiger partial charge in [-0.3, -0.25) is 14.9 Å². The van der Waals surface area contributed by atoms with Crippen molar-refractivity contribution in [2.45, 2.75) is 11.8 Å². The van der Waals surface area contributed by atoms with Gasteiger partial charge in [-0.25, -0.2) is 0 Å². The van der Waals surface area contributed by atoms with Crippen molar-refractivity contribution in [3.8, 4) is 5.75 Å². The van der Waals surface area contributed by atoms with Crippen LogP contribution in [0, 0.1) is 10.1 Å². The zero-order valence-electron chi connectivity index (χ0n) is 10.2. The molecule has 1 unspecified atom stereocenters. The summed E-state index contributed by atoms with van der Waals surface area (Å²) in [4.78, 5) is 20.8. The highest BCUT2D eigenvalue weighted by Crippen LogP contribution is 2.25. The van der Waals surface area contributed by atoms with Gasteiger partial charge in [0.1, 0.15) is 11.8 Å². The molecule has 0 saturated heterocycles. The van der Waals surface area contributed by atoms with Gasteiger partial charge in [-0.05, 0) is 11.6 Å². The van der Waals surface area contributed by atoms with Gasteiger partial charge in [-0.1, -0.05) is 0 Å². The third kappa shape index (κ3) is 4.76. The first-order chi connectivity index (χ1) is 8.93. The van der Waals surface area contributed by atoms with Gasteiger partial charge in [0.25, 0.3) is 5.69 Å². The van der Waals surface area contributed by atoms with Crippen LogP contribution in [0.5, 0.6) is 5.75 Å². The van der Waals surface area contributed by atoms with Gasteiger partial charge in [-0.2, -0.15) is 11.8 Å². The molecular weight excluding hydrogens is 272 g/mol. The smallest absolute Gasteiger partial charge is 0.321 e. The highest BCUT2D eigenvalue weighted by molar-refractivity contribution is 7.98. The monoisotopic (exact) mass is 286 g/mol. The number of nitro groups is 1. The SMILES string of the molecule is COc1cc(CSCC(N)C(=O)O)cc([N+](=O)[O-])c1. The van der Waals surface area contributed by atoms with E-state index < -0.39 is 16.9 Å². The number of nitro benzene ring substituents is 1. The molecule has 0 saturated carbocycles. The van der Waals surface area contributed by atoms with E-state index in [2.05, 4.69) is 0 Å². The molecule has 0 bridgehead atoms. The predicted octanol–water partition coefficient (Wildman–Crippen LogP) is 1.25. The number of nitrogens with two attached hydrogens (primary N) is 1. The van der Waals surface area contributed by atoms with E-state index in [4.69, 9.17) is 15.6 Å². The van der Waals surface area contributed by atoms with Gasteiger partial charge >= 0.3 is 5.97 Å². The molecule has 19 heavy (non-hydrogen) atoms. The Labute approximate surface area is 113 Å². The van der Waals surface area contributed by atoms with E-state index in [0.29, 0.717) is 17.1 Å². The van der Waals surface area contributed by atoms with Crippen molar-refractivity contribution < 1.29 is 19.6 Å². The lowest BCUT2D eigenvalue weighted by atomic mass is 10.2. The number of carboxylic acid groups (broad SMARTS) is 1. The molecule has 0 heterocycles. The van der Waals surface area contributed by atoms with Crippen LogP contribution in [-0.4, -0.2) is 34.9 Å². The van der Waals surface area contributed by atoms with Gasteiger partial charge in [0.15, 0.2) is 0 Å². The minimum Gasteiger partial charge on any atom is -0.496 e. The molecular formula is C11H14N2O5S. The number of benzene rings is 1. The summed E-state index contributed by atoms with van der Waals surface area (Å²) in [7, 11) is 1.43. The molecule has 0 fully saturated rings. The van der Waals surface area contributed by atoms with Crippen molar-refractivity contribution in [3.63, 3.8) is 0 Å². The maximum atomic E-state index is 10.7. The summed E-state index contributed by atoms with van der Waals surface area (Å²) in [6.45, 7) is 0. The molecule has 0 spiro atoms. The molecule has 1 rings (SSSR count). The Morgan fingerprint density at radius 2 is 2.26 bits per heavy atom. The minimum atomic E-state index is -1.07.